The summed E-state index contributed by atoms with van der Waals surface area (Å²) >= 11 is 18.5. The van der Waals surface area contributed by atoms with Crippen molar-refractivity contribution in [1.82, 2.24) is 60.3 Å². The van der Waals surface area contributed by atoms with Gasteiger partial charge in [0, 0.05) is 57.2 Å². The quantitative estimate of drug-likeness (QED) is 0.136. The van der Waals surface area contributed by atoms with Gasteiger partial charge in [-0.15, -0.1) is 0 Å². The average Bonchev–Trinajstić information content (AvgIpc) is 4.33. The van der Waals surface area contributed by atoms with Crippen LogP contribution in [-0.4, -0.2) is 172 Å². The van der Waals surface area contributed by atoms with E-state index in [4.69, 9.17) is 45.0 Å². The van der Waals surface area contributed by atoms with E-state index in [-0.39, 0.29) is 77.6 Å². The maximum atomic E-state index is 12.3. The Morgan fingerprint density at radius 1 is 0.726 bits per heavy atom. The Balaban J connectivity index is 0.000000125. The molecule has 3 aliphatic carbocycles. The first-order chi connectivity index (χ1) is 36.3. The largest absolute Gasteiger partial charge is 0.379 e. The Labute approximate surface area is 445 Å². The number of carbonyl (C=O) groups is 6. The molecule has 4 saturated heterocycles. The molecule has 1 radical (unpaired) electrons. The zero-order valence-corrected chi connectivity index (χ0v) is 43.8. The fraction of sp³-hybridized carbons (Fsp3) is 0.609. The van der Waals surface area contributed by atoms with Crippen LogP contribution in [0.15, 0.2) is 36.5 Å². The summed E-state index contributed by atoms with van der Waals surface area (Å²) in [4.78, 5) is 76.6. The smallest absolute Gasteiger partial charge is 0.320 e. The van der Waals surface area contributed by atoms with E-state index < -0.39 is 54.5 Å². The minimum atomic E-state index is -2.15. The van der Waals surface area contributed by atoms with Gasteiger partial charge in [0.25, 0.3) is 17.7 Å². The van der Waals surface area contributed by atoms with Crippen molar-refractivity contribution in [3.05, 3.63) is 68.9 Å². The zero-order chi connectivity index (χ0) is 56.0. The summed E-state index contributed by atoms with van der Waals surface area (Å²) in [6.07, 6.45) is 4.88. The number of fused-ring (bicyclic) bond motifs is 15. The van der Waals surface area contributed by atoms with E-state index in [2.05, 4.69) is 47.9 Å². The summed E-state index contributed by atoms with van der Waals surface area (Å²) in [6, 6.07) is 4.37. The summed E-state index contributed by atoms with van der Waals surface area (Å²) in [5.41, 5.74) is -2.43. The molecule has 3 aromatic heterocycles. The number of carbonyl (C=O) groups excluding carboxylic acids is 6. The van der Waals surface area contributed by atoms with Gasteiger partial charge in [-0.3, -0.25) is 29.1 Å². The predicted octanol–water partition coefficient (Wildman–Crippen LogP) is 3.01. The van der Waals surface area contributed by atoms with Crippen molar-refractivity contribution < 1.29 is 54.3 Å². The third-order valence-electron chi connectivity index (χ3n) is 15.7. The highest BCUT2D eigenvalue weighted by molar-refractivity contribution is 7.55. The number of ether oxygens (including phenoxy) is 1. The van der Waals surface area contributed by atoms with Crippen LogP contribution in [0.25, 0.3) is 0 Å². The lowest BCUT2D eigenvalue weighted by molar-refractivity contribution is -0.0660. The highest BCUT2D eigenvalue weighted by Crippen LogP contribution is 2.50. The van der Waals surface area contributed by atoms with Gasteiger partial charge in [-0.1, -0.05) is 48.0 Å². The topological polar surface area (TPSA) is 269 Å². The molecule has 3 aromatic rings. The number of rotatable bonds is 4. The summed E-state index contributed by atoms with van der Waals surface area (Å²) in [5, 5.41) is 51.0. The fourth-order valence-electron chi connectivity index (χ4n) is 12.6. The second-order valence-electron chi connectivity index (χ2n) is 19.4. The number of hydrogen-bond donors (Lipinski definition) is 9. The van der Waals surface area contributed by atoms with Crippen molar-refractivity contribution in [3.63, 3.8) is 0 Å². The molecule has 27 heteroatoms. The molecule has 73 heavy (non-hydrogen) atoms. The summed E-state index contributed by atoms with van der Waals surface area (Å²) in [5.74, 6) is -0.718. The van der Waals surface area contributed by atoms with Crippen molar-refractivity contribution in [2.75, 3.05) is 26.2 Å². The number of aliphatic hydroxyl groups is 3. The molecule has 3 saturated carbocycles. The van der Waals surface area contributed by atoms with Crippen LogP contribution in [0.4, 0.5) is 14.4 Å². The minimum Gasteiger partial charge on any atom is -0.379 e. The van der Waals surface area contributed by atoms with Gasteiger partial charge in [-0.25, -0.2) is 14.4 Å². The Morgan fingerprint density at radius 3 is 1.64 bits per heavy atom. The van der Waals surface area contributed by atoms with E-state index in [0.717, 1.165) is 6.61 Å². The van der Waals surface area contributed by atoms with Crippen LogP contribution in [0.5, 0.6) is 0 Å². The maximum Gasteiger partial charge on any atom is 0.320 e. The number of nitrogens with one attached hydrogen (secondary N) is 6. The molecule has 10 heterocycles. The van der Waals surface area contributed by atoms with Gasteiger partial charge >= 0.3 is 18.1 Å². The highest BCUT2D eigenvalue weighted by atomic mass is 35.5. The summed E-state index contributed by atoms with van der Waals surface area (Å²) in [7, 11) is 2.11. The molecule has 9 amide bonds. The van der Waals surface area contributed by atoms with E-state index >= 15 is 0 Å². The van der Waals surface area contributed by atoms with Crippen LogP contribution in [0.2, 0.25) is 21.6 Å². The lowest BCUT2D eigenvalue weighted by atomic mass is 10.1. The van der Waals surface area contributed by atoms with Crippen molar-refractivity contribution in [2.24, 2.45) is 0 Å². The van der Waals surface area contributed by atoms with Crippen LogP contribution >= 0.6 is 43.9 Å². The molecule has 10 aliphatic rings. The molecule has 15 atom stereocenters. The Morgan fingerprint density at radius 2 is 1.21 bits per heavy atom. The SMILES string of the molecule is CC1CCCO1.CCN1C(=O)N[C@H]2[C@@H]3NC(=O)c4cc(Cl)c(Cl)n4[C@@H]3C[C@]21O.CCN1C(=O)N[C@H]2[C@@H]3NC(=O)c4ccc(Cl)n4[C@@H]3C[C@]21O.CCN1C(=O)N[C@H]2[C@@H]3NC(=O)c4cccn4[C@@H]3C[C@]21O.[2H]C([2H])([2H])C([3H])[B]P. The van der Waals surface area contributed by atoms with Gasteiger partial charge in [0.15, 0.2) is 17.2 Å². The monoisotopic (exact) mass is 1090 g/mol. The van der Waals surface area contributed by atoms with Crippen molar-refractivity contribution >= 4 is 86.7 Å². The number of likely N-dealkylation sites (N-methyl/N-ethyl adjacent to an activating group) is 3. The molecule has 0 spiro atoms. The second kappa shape index (κ2) is 20.1. The first-order valence-corrected chi connectivity index (χ1v) is 26.1. The molecule has 13 rings (SSSR count). The number of halogens is 3. The molecule has 0 aromatic carbocycles. The Bertz CT molecular complexity index is 2850. The standard InChI is InChI=1S/C13H14Cl2N4O3.C13H15ClN4O3.C13H16N4O3.C5H10O.C2H7BP/c1-2-18-12(21)17-9-8-7(4-13(9,18)22)19-6(11(20)16-8)3-5(14)10(19)15;1-2-17-12(20)16-10-9-7(5-13(10,17)21)18-6(11(19)15-9)3-4-8(18)14;1-2-17-12(19)15-10-9-8(6-13(10,17)20)16-5-3-4-7(16)11(18)14-9;1-5-3-2-4-6-5;1-2-3-4/h3,7-9,22H,2,4H2,1H3,(H,16,20)(H,17,21);3-4,7,9-10,21H,2,5H2,1H3,(H,15,19)(H,16,20);3-5,8-10,20H,2,6H2,1H3,(H,14,18)(H,15,19);5H,2-4H2,1H3;2,4H2,1H3/t7-,8-,9+,13+;7-,9-,10+,13+;8-,9-,10+,13+;;/m111../s1/i;;;;1D3,2T. The number of aromatic nitrogens is 3. The predicted molar refractivity (Wildman–Crippen MR) is 273 cm³/mol. The Kier molecular flexibility index (Phi) is 13.2. The molecule has 395 valence electrons. The fourth-order valence-corrected chi connectivity index (χ4v) is 13.3. The van der Waals surface area contributed by atoms with Crippen LogP contribution < -0.4 is 31.9 Å². The van der Waals surface area contributed by atoms with Gasteiger partial charge in [-0.05, 0) is 70.9 Å². The molecule has 7 aliphatic heterocycles. The van der Waals surface area contributed by atoms with E-state index in [0.29, 0.717) is 65.8 Å². The first-order valence-electron chi connectivity index (χ1n) is 26.4. The molecule has 22 nitrogen and oxygen atoms in total. The lowest BCUT2D eigenvalue weighted by Gasteiger charge is -2.32. The summed E-state index contributed by atoms with van der Waals surface area (Å²) in [6.45, 7) is 8.88. The van der Waals surface area contributed by atoms with E-state index in [1.807, 2.05) is 30.7 Å². The zero-order valence-electron chi connectivity index (χ0n) is 44.4. The van der Waals surface area contributed by atoms with Crippen molar-refractivity contribution in [1.29, 1.82) is 0 Å². The number of hydrogen-bond acceptors (Lipinski definition) is 10. The van der Waals surface area contributed by atoms with Crippen molar-refractivity contribution in [2.45, 2.75) is 151 Å². The highest BCUT2D eigenvalue weighted by Gasteiger charge is 2.66. The average molecular weight is 1100 g/mol. The Hall–Kier alpha value is -4.74. The van der Waals surface area contributed by atoms with E-state index in [9.17, 15) is 44.1 Å². The van der Waals surface area contributed by atoms with Gasteiger partial charge in [0.1, 0.15) is 52.5 Å². The number of urea groups is 3. The maximum absolute atomic E-state index is 12.3. The van der Waals surface area contributed by atoms with Gasteiger partial charge in [-0.2, -0.15) is 9.12 Å². The molecular formula is C46H62BCl3N12O10P. The minimum absolute atomic E-state index is 0.0395. The van der Waals surface area contributed by atoms with Gasteiger partial charge in [0.05, 0.1) is 47.4 Å². The van der Waals surface area contributed by atoms with Crippen LogP contribution in [-0.2, 0) is 4.74 Å². The van der Waals surface area contributed by atoms with Crippen LogP contribution in [0.1, 0.15) is 122 Å². The third-order valence-corrected chi connectivity index (χ3v) is 17.0. The van der Waals surface area contributed by atoms with Crippen LogP contribution in [0.3, 0.4) is 0 Å². The van der Waals surface area contributed by atoms with Crippen LogP contribution in [0, 0.1) is 0 Å². The second-order valence-corrected chi connectivity index (χ2v) is 20.9. The molecule has 7 fully saturated rings. The number of nitrogens with zero attached hydrogens (tertiary/aromatic N) is 6. The molecule has 0 bridgehead atoms. The molecule has 9 N–H and O–H groups in total. The first kappa shape index (κ1) is 47.9. The molecular weight excluding hydrogens is 1030 g/mol. The summed E-state index contributed by atoms with van der Waals surface area (Å²) < 4.78 is 37.2. The van der Waals surface area contributed by atoms with Crippen molar-refractivity contribution in [3.8, 4) is 0 Å². The van der Waals surface area contributed by atoms with E-state index in [1.54, 1.807) is 34.3 Å². The van der Waals surface area contributed by atoms with Gasteiger partial charge < -0.3 is 65.7 Å². The van der Waals surface area contributed by atoms with E-state index in [1.165, 1.54) is 40.6 Å². The lowest BCUT2D eigenvalue weighted by Crippen LogP contribution is -2.56. The normalized spacial score (nSPS) is 36.5. The van der Waals surface area contributed by atoms with Gasteiger partial charge in [0.2, 0.25) is 0 Å². The molecule has 3 unspecified atom stereocenters. The third kappa shape index (κ3) is 8.53. The number of amides is 9.